The van der Waals surface area contributed by atoms with Crippen LogP contribution in [0.15, 0.2) is 72.4 Å². The summed E-state index contributed by atoms with van der Waals surface area (Å²) in [5.41, 5.74) is 8.06. The Kier molecular flexibility index (Phi) is 5.48. The predicted octanol–water partition coefficient (Wildman–Crippen LogP) is 4.71. The lowest BCUT2D eigenvalue weighted by molar-refractivity contribution is -0.120. The van der Waals surface area contributed by atoms with E-state index in [0.717, 1.165) is 28.8 Å². The molecule has 0 atom stereocenters. The van der Waals surface area contributed by atoms with Crippen molar-refractivity contribution < 1.29 is 9.59 Å². The van der Waals surface area contributed by atoms with Gasteiger partial charge in [0.05, 0.1) is 11.3 Å². The summed E-state index contributed by atoms with van der Waals surface area (Å²) in [6.07, 6.45) is 0.846. The van der Waals surface area contributed by atoms with Crippen molar-refractivity contribution in [3.63, 3.8) is 0 Å². The highest BCUT2D eigenvalue weighted by Crippen LogP contribution is 2.38. The van der Waals surface area contributed by atoms with Gasteiger partial charge in [-0.25, -0.2) is 4.90 Å². The molecule has 0 saturated heterocycles. The minimum atomic E-state index is -0.261. The van der Waals surface area contributed by atoms with E-state index < -0.39 is 0 Å². The average molecular weight is 452 g/mol. The van der Waals surface area contributed by atoms with Gasteiger partial charge in [-0.05, 0) is 66.8 Å². The lowest BCUT2D eigenvalue weighted by Crippen LogP contribution is -2.37. The number of carbonyl (C=O) groups excluding carboxylic acids is 2. The molecule has 3 aromatic carbocycles. The molecule has 3 aromatic rings. The summed E-state index contributed by atoms with van der Waals surface area (Å²) in [7, 11) is 3.93. The van der Waals surface area contributed by atoms with Crippen LogP contribution in [0.4, 0.5) is 11.4 Å². The van der Waals surface area contributed by atoms with Crippen molar-refractivity contribution in [3.8, 4) is 0 Å². The molecule has 0 spiro atoms. The van der Waals surface area contributed by atoms with Crippen LogP contribution in [0.25, 0.3) is 5.57 Å². The molecular formula is C29H29N3O2. The fraction of sp³-hybridized carbons (Fsp3) is 0.241. The number of anilines is 2. The number of fused-ring (bicyclic) bond motifs is 1. The molecule has 0 N–H and O–H groups in total. The van der Waals surface area contributed by atoms with Crippen molar-refractivity contribution in [2.75, 3.05) is 30.4 Å². The molecule has 0 radical (unpaired) electrons. The highest BCUT2D eigenvalue weighted by atomic mass is 16.2. The van der Waals surface area contributed by atoms with Gasteiger partial charge in [0, 0.05) is 32.9 Å². The van der Waals surface area contributed by atoms with Crippen LogP contribution in [-0.4, -0.2) is 37.4 Å². The highest BCUT2D eigenvalue weighted by molar-refractivity contribution is 6.45. The minimum absolute atomic E-state index is 0.253. The van der Waals surface area contributed by atoms with Gasteiger partial charge in [-0.2, -0.15) is 0 Å². The molecule has 5 heteroatoms. The van der Waals surface area contributed by atoms with Crippen molar-refractivity contribution in [2.24, 2.45) is 0 Å². The number of amides is 2. The van der Waals surface area contributed by atoms with Gasteiger partial charge in [0.2, 0.25) is 0 Å². The van der Waals surface area contributed by atoms with Crippen LogP contribution >= 0.6 is 0 Å². The lowest BCUT2D eigenvalue weighted by atomic mass is 9.95. The van der Waals surface area contributed by atoms with Gasteiger partial charge in [0.1, 0.15) is 5.70 Å². The number of benzene rings is 3. The third-order valence-electron chi connectivity index (χ3n) is 6.78. The van der Waals surface area contributed by atoms with Crippen LogP contribution in [0.2, 0.25) is 0 Å². The van der Waals surface area contributed by atoms with Crippen LogP contribution in [0.5, 0.6) is 0 Å². The predicted molar refractivity (Wildman–Crippen MR) is 137 cm³/mol. The van der Waals surface area contributed by atoms with Gasteiger partial charge in [-0.15, -0.1) is 0 Å². The maximum Gasteiger partial charge on any atom is 0.282 e. The molecule has 172 valence electrons. The molecule has 2 heterocycles. The summed E-state index contributed by atoms with van der Waals surface area (Å²) in [6, 6.07) is 21.9. The van der Waals surface area contributed by atoms with E-state index in [0.29, 0.717) is 30.0 Å². The molecule has 5 rings (SSSR count). The summed E-state index contributed by atoms with van der Waals surface area (Å²) in [5.74, 6) is -0.514. The first-order valence-electron chi connectivity index (χ1n) is 11.6. The zero-order chi connectivity index (χ0) is 24.0. The second kappa shape index (κ2) is 8.49. The number of nitrogens with zero attached hydrogens (tertiary/aromatic N) is 3. The monoisotopic (exact) mass is 451 g/mol. The molecule has 2 aliphatic rings. The van der Waals surface area contributed by atoms with Crippen LogP contribution in [-0.2, 0) is 22.6 Å². The Morgan fingerprint density at radius 1 is 0.824 bits per heavy atom. The van der Waals surface area contributed by atoms with E-state index in [4.69, 9.17) is 0 Å². The van der Waals surface area contributed by atoms with Crippen LogP contribution in [0, 0.1) is 13.8 Å². The Labute approximate surface area is 200 Å². The van der Waals surface area contributed by atoms with Gasteiger partial charge in [0.25, 0.3) is 11.8 Å². The minimum Gasteiger partial charge on any atom is -0.378 e. The van der Waals surface area contributed by atoms with Crippen molar-refractivity contribution >= 4 is 28.8 Å². The molecular weight excluding hydrogens is 422 g/mol. The Morgan fingerprint density at radius 2 is 1.53 bits per heavy atom. The second-order valence-corrected chi connectivity index (χ2v) is 9.34. The van der Waals surface area contributed by atoms with Crippen molar-refractivity contribution in [2.45, 2.75) is 26.8 Å². The van der Waals surface area contributed by atoms with Gasteiger partial charge in [-0.1, -0.05) is 48.0 Å². The zero-order valence-electron chi connectivity index (χ0n) is 20.1. The van der Waals surface area contributed by atoms with E-state index in [1.54, 1.807) is 0 Å². The molecule has 2 amide bonds. The maximum atomic E-state index is 13.9. The first kappa shape index (κ1) is 22.0. The molecule has 0 saturated carbocycles. The van der Waals surface area contributed by atoms with E-state index in [1.807, 2.05) is 75.3 Å². The fourth-order valence-corrected chi connectivity index (χ4v) is 4.97. The normalized spacial score (nSPS) is 15.8. The standard InChI is InChI=1S/C29H29N3O2/c1-19-9-14-25(20(2)17-19)26-27(31-16-15-21-7-5-6-8-22(21)18-31)29(34)32(28(26)33)24-12-10-23(11-13-24)30(3)4/h5-14,17H,15-16,18H2,1-4H3. The quantitative estimate of drug-likeness (QED) is 0.539. The van der Waals surface area contributed by atoms with Gasteiger partial charge in [-0.3, -0.25) is 9.59 Å². The number of rotatable bonds is 4. The molecule has 0 fully saturated rings. The van der Waals surface area contributed by atoms with E-state index >= 15 is 0 Å². The Hall–Kier alpha value is -3.86. The summed E-state index contributed by atoms with van der Waals surface area (Å²) >= 11 is 0. The van der Waals surface area contributed by atoms with Gasteiger partial charge >= 0.3 is 0 Å². The van der Waals surface area contributed by atoms with E-state index in [-0.39, 0.29) is 11.8 Å². The maximum absolute atomic E-state index is 13.9. The van der Waals surface area contributed by atoms with Crippen molar-refractivity contribution in [1.29, 1.82) is 0 Å². The summed E-state index contributed by atoms with van der Waals surface area (Å²) in [4.78, 5) is 33.2. The largest absolute Gasteiger partial charge is 0.378 e. The smallest absolute Gasteiger partial charge is 0.282 e. The molecule has 2 aliphatic heterocycles. The molecule has 0 aliphatic carbocycles. The van der Waals surface area contributed by atoms with Crippen LogP contribution in [0.3, 0.4) is 0 Å². The lowest BCUT2D eigenvalue weighted by Gasteiger charge is -2.31. The Balaban J connectivity index is 1.61. The van der Waals surface area contributed by atoms with Crippen molar-refractivity contribution in [1.82, 2.24) is 4.90 Å². The molecule has 5 nitrogen and oxygen atoms in total. The van der Waals surface area contributed by atoms with Crippen molar-refractivity contribution in [3.05, 3.63) is 100 Å². The van der Waals surface area contributed by atoms with Gasteiger partial charge < -0.3 is 9.80 Å². The number of hydrogen-bond acceptors (Lipinski definition) is 4. The molecule has 34 heavy (non-hydrogen) atoms. The SMILES string of the molecule is Cc1ccc(C2=C(N3CCc4ccccc4C3)C(=O)N(c3ccc(N(C)C)cc3)C2=O)c(C)c1. The third kappa shape index (κ3) is 3.67. The second-order valence-electron chi connectivity index (χ2n) is 9.34. The fourth-order valence-electron chi connectivity index (χ4n) is 4.97. The number of imide groups is 1. The zero-order valence-corrected chi connectivity index (χ0v) is 20.1. The third-order valence-corrected chi connectivity index (χ3v) is 6.78. The summed E-state index contributed by atoms with van der Waals surface area (Å²) in [6.45, 7) is 5.36. The number of carbonyl (C=O) groups is 2. The first-order valence-corrected chi connectivity index (χ1v) is 11.6. The molecule has 0 unspecified atom stereocenters. The Bertz CT molecular complexity index is 1320. The number of hydrogen-bond donors (Lipinski definition) is 0. The van der Waals surface area contributed by atoms with Crippen LogP contribution < -0.4 is 9.80 Å². The highest BCUT2D eigenvalue weighted by Gasteiger charge is 2.43. The molecule has 0 bridgehead atoms. The average Bonchev–Trinajstić information content (AvgIpc) is 3.08. The van der Waals surface area contributed by atoms with Crippen LogP contribution in [0.1, 0.15) is 27.8 Å². The van der Waals surface area contributed by atoms with E-state index in [2.05, 4.69) is 29.2 Å². The first-order chi connectivity index (χ1) is 16.3. The molecule has 0 aromatic heterocycles. The topological polar surface area (TPSA) is 43.9 Å². The van der Waals surface area contributed by atoms with E-state index in [9.17, 15) is 9.59 Å². The summed E-state index contributed by atoms with van der Waals surface area (Å²) < 4.78 is 0. The number of aryl methyl sites for hydroxylation is 2. The van der Waals surface area contributed by atoms with Gasteiger partial charge in [0.15, 0.2) is 0 Å². The summed E-state index contributed by atoms with van der Waals surface area (Å²) in [5, 5.41) is 0. The van der Waals surface area contributed by atoms with E-state index in [1.165, 1.54) is 16.0 Å². The Morgan fingerprint density at radius 3 is 2.21 bits per heavy atom.